The number of benzene rings is 2. The van der Waals surface area contributed by atoms with Gasteiger partial charge in [-0.3, -0.25) is 5.10 Å². The van der Waals surface area contributed by atoms with Crippen LogP contribution in [-0.4, -0.2) is 41.5 Å². The number of H-pyrrole nitrogens is 2. The summed E-state index contributed by atoms with van der Waals surface area (Å²) in [5.74, 6) is 3.08. The lowest BCUT2D eigenvalue weighted by Gasteiger charge is -2.04. The van der Waals surface area contributed by atoms with Gasteiger partial charge < -0.3 is 19.0 Å². The van der Waals surface area contributed by atoms with Crippen molar-refractivity contribution in [2.24, 2.45) is 7.05 Å². The molecule has 0 bridgehead atoms. The molecule has 0 aliphatic carbocycles. The van der Waals surface area contributed by atoms with E-state index in [0.717, 1.165) is 61.9 Å². The lowest BCUT2D eigenvalue weighted by atomic mass is 10.0. The third kappa shape index (κ3) is 2.73. The van der Waals surface area contributed by atoms with Crippen molar-refractivity contribution >= 4 is 22.1 Å². The summed E-state index contributed by atoms with van der Waals surface area (Å²) in [4.78, 5) is 17.6. The number of ether oxygens (including phenoxy) is 2. The number of nitrogens with one attached hydrogen (secondary N) is 2. The van der Waals surface area contributed by atoms with Gasteiger partial charge in [0.2, 0.25) is 6.79 Å². The maximum atomic E-state index is 5.56. The Morgan fingerprint density at radius 1 is 0.941 bits per heavy atom. The Balaban J connectivity index is 1.37. The fourth-order valence-corrected chi connectivity index (χ4v) is 4.39. The maximum absolute atomic E-state index is 5.56. The number of imidazole rings is 2. The molecule has 0 unspecified atom stereocenters. The monoisotopic (exact) mass is 449 g/mol. The Kier molecular flexibility index (Phi) is 3.84. The first kappa shape index (κ1) is 18.9. The number of hydrogen-bond donors (Lipinski definition) is 2. The number of para-hydroxylation sites is 1. The van der Waals surface area contributed by atoms with Gasteiger partial charge in [0, 0.05) is 12.6 Å². The molecule has 1 aliphatic heterocycles. The number of pyridine rings is 1. The Hall–Kier alpha value is -4.66. The van der Waals surface area contributed by atoms with Crippen LogP contribution in [0.15, 0.2) is 54.7 Å². The zero-order valence-corrected chi connectivity index (χ0v) is 18.5. The van der Waals surface area contributed by atoms with Crippen molar-refractivity contribution in [3.63, 3.8) is 0 Å². The van der Waals surface area contributed by atoms with Gasteiger partial charge in [-0.25, -0.2) is 15.0 Å². The van der Waals surface area contributed by atoms with Gasteiger partial charge in [-0.1, -0.05) is 18.2 Å². The van der Waals surface area contributed by atoms with E-state index in [-0.39, 0.29) is 6.79 Å². The van der Waals surface area contributed by atoms with Crippen LogP contribution in [0.3, 0.4) is 0 Å². The topological polar surface area (TPSA) is 107 Å². The van der Waals surface area contributed by atoms with Gasteiger partial charge in [0.1, 0.15) is 11.3 Å². The third-order valence-electron chi connectivity index (χ3n) is 6.31. The van der Waals surface area contributed by atoms with Crippen molar-refractivity contribution in [2.45, 2.75) is 6.92 Å². The number of aromatic amines is 2. The summed E-state index contributed by atoms with van der Waals surface area (Å²) in [6.45, 7) is 2.21. The molecule has 9 heteroatoms. The van der Waals surface area contributed by atoms with Crippen LogP contribution in [0.5, 0.6) is 11.5 Å². The van der Waals surface area contributed by atoms with Crippen molar-refractivity contribution < 1.29 is 9.47 Å². The summed E-state index contributed by atoms with van der Waals surface area (Å²) >= 11 is 0. The van der Waals surface area contributed by atoms with Crippen LogP contribution in [0.1, 0.15) is 5.82 Å². The molecule has 2 aromatic carbocycles. The highest BCUT2D eigenvalue weighted by atomic mass is 16.7. The summed E-state index contributed by atoms with van der Waals surface area (Å²) in [6, 6.07) is 15.9. The van der Waals surface area contributed by atoms with Gasteiger partial charge in [0.25, 0.3) is 0 Å². The summed E-state index contributed by atoms with van der Waals surface area (Å²) < 4.78 is 13.0. The molecule has 5 heterocycles. The first-order valence-corrected chi connectivity index (χ1v) is 10.9. The Morgan fingerprint density at radius 2 is 1.85 bits per heavy atom. The Labute approximate surface area is 193 Å². The lowest BCUT2D eigenvalue weighted by Crippen LogP contribution is -1.96. The molecular formula is C25H19N7O2. The predicted octanol–water partition coefficient (Wildman–Crippen LogP) is 4.61. The van der Waals surface area contributed by atoms with E-state index in [2.05, 4.69) is 20.2 Å². The fraction of sp³-hybridized carbons (Fsp3) is 0.120. The van der Waals surface area contributed by atoms with Gasteiger partial charge in [0.15, 0.2) is 23.0 Å². The number of hydrogen-bond acceptors (Lipinski definition) is 6. The minimum Gasteiger partial charge on any atom is -0.454 e. The highest BCUT2D eigenvalue weighted by Crippen LogP contribution is 2.38. The van der Waals surface area contributed by atoms with Crippen molar-refractivity contribution in [1.82, 2.24) is 34.7 Å². The molecule has 6 aromatic rings. The van der Waals surface area contributed by atoms with Crippen LogP contribution in [0, 0.1) is 6.92 Å². The van der Waals surface area contributed by atoms with Crippen molar-refractivity contribution in [2.75, 3.05) is 6.79 Å². The summed E-state index contributed by atoms with van der Waals surface area (Å²) in [5.41, 5.74) is 7.81. The number of aryl methyl sites for hydroxylation is 1. The van der Waals surface area contributed by atoms with E-state index in [1.807, 2.05) is 73.3 Å². The zero-order valence-electron chi connectivity index (χ0n) is 18.5. The van der Waals surface area contributed by atoms with Crippen molar-refractivity contribution in [1.29, 1.82) is 0 Å². The molecule has 2 N–H and O–H groups in total. The molecule has 7 rings (SSSR count). The number of fused-ring (bicyclic) bond motifs is 3. The predicted molar refractivity (Wildman–Crippen MR) is 127 cm³/mol. The molecule has 1 aliphatic rings. The average molecular weight is 449 g/mol. The molecular weight excluding hydrogens is 430 g/mol. The standard InChI is InChI=1S/C25H19N7O2/c1-13-26-11-19(32(13)2)16-7-8-18-23(27-16)24(31-30-18)25-28-17-5-3-4-15(22(17)29-25)14-6-9-20-21(10-14)34-12-33-20/h3-11H,12H2,1-2H3,(H,28,29)(H,30,31). The van der Waals surface area contributed by atoms with Gasteiger partial charge in [-0.05, 0) is 42.8 Å². The molecule has 0 spiro atoms. The summed E-state index contributed by atoms with van der Waals surface area (Å²) in [6.07, 6.45) is 1.84. The number of aromatic nitrogens is 7. The molecule has 0 atom stereocenters. The van der Waals surface area contributed by atoms with E-state index in [0.29, 0.717) is 11.5 Å². The normalized spacial score (nSPS) is 12.8. The van der Waals surface area contributed by atoms with Crippen LogP contribution in [-0.2, 0) is 7.05 Å². The first-order chi connectivity index (χ1) is 16.7. The fourth-order valence-electron chi connectivity index (χ4n) is 4.39. The smallest absolute Gasteiger partial charge is 0.231 e. The lowest BCUT2D eigenvalue weighted by molar-refractivity contribution is 0.174. The van der Waals surface area contributed by atoms with Crippen LogP contribution >= 0.6 is 0 Å². The molecule has 0 amide bonds. The molecule has 166 valence electrons. The van der Waals surface area contributed by atoms with E-state index < -0.39 is 0 Å². The molecule has 0 saturated carbocycles. The highest BCUT2D eigenvalue weighted by molar-refractivity contribution is 5.96. The third-order valence-corrected chi connectivity index (χ3v) is 6.31. The first-order valence-electron chi connectivity index (χ1n) is 10.9. The van der Waals surface area contributed by atoms with Crippen molar-refractivity contribution in [3.8, 4) is 45.5 Å². The Bertz CT molecular complexity index is 1730. The highest BCUT2D eigenvalue weighted by Gasteiger charge is 2.19. The SMILES string of the molecule is Cc1ncc(-c2ccc3[nH]nc(-c4nc5c(-c6ccc7c(c6)OCO7)cccc5[nH]4)c3n2)n1C. The second kappa shape index (κ2) is 6.92. The van der Waals surface area contributed by atoms with Gasteiger partial charge in [0.05, 0.1) is 34.1 Å². The minimum absolute atomic E-state index is 0.245. The van der Waals surface area contributed by atoms with Gasteiger partial charge in [-0.15, -0.1) is 0 Å². The van der Waals surface area contributed by atoms with E-state index in [9.17, 15) is 0 Å². The van der Waals surface area contributed by atoms with E-state index in [1.54, 1.807) is 0 Å². The van der Waals surface area contributed by atoms with E-state index in [1.165, 1.54) is 0 Å². The molecule has 0 saturated heterocycles. The minimum atomic E-state index is 0.245. The van der Waals surface area contributed by atoms with Gasteiger partial charge in [-0.2, -0.15) is 5.10 Å². The average Bonchev–Trinajstić information content (AvgIpc) is 3.64. The second-order valence-corrected chi connectivity index (χ2v) is 8.27. The Morgan fingerprint density at radius 3 is 2.74 bits per heavy atom. The molecule has 34 heavy (non-hydrogen) atoms. The van der Waals surface area contributed by atoms with Gasteiger partial charge >= 0.3 is 0 Å². The summed E-state index contributed by atoms with van der Waals surface area (Å²) in [5, 5.41) is 7.61. The quantitative estimate of drug-likeness (QED) is 0.409. The second-order valence-electron chi connectivity index (χ2n) is 8.27. The zero-order chi connectivity index (χ0) is 22.8. The maximum Gasteiger partial charge on any atom is 0.231 e. The van der Waals surface area contributed by atoms with Crippen LogP contribution in [0.2, 0.25) is 0 Å². The van der Waals surface area contributed by atoms with Crippen LogP contribution in [0.25, 0.3) is 56.1 Å². The number of nitrogens with zero attached hydrogens (tertiary/aromatic N) is 5. The largest absolute Gasteiger partial charge is 0.454 e. The van der Waals surface area contributed by atoms with Crippen molar-refractivity contribution in [3.05, 3.63) is 60.6 Å². The molecule has 0 radical (unpaired) electrons. The van der Waals surface area contributed by atoms with E-state index in [4.69, 9.17) is 19.4 Å². The molecule has 0 fully saturated rings. The van der Waals surface area contributed by atoms with Crippen LogP contribution in [0.4, 0.5) is 0 Å². The molecule has 4 aromatic heterocycles. The van der Waals surface area contributed by atoms with Crippen LogP contribution < -0.4 is 9.47 Å². The number of rotatable bonds is 3. The van der Waals surface area contributed by atoms with E-state index >= 15 is 0 Å². The molecule has 9 nitrogen and oxygen atoms in total. The summed E-state index contributed by atoms with van der Waals surface area (Å²) in [7, 11) is 1.98.